The third-order valence-corrected chi connectivity index (χ3v) is 2.78. The lowest BCUT2D eigenvalue weighted by Gasteiger charge is -2.25. The van der Waals surface area contributed by atoms with Crippen LogP contribution in [0, 0.1) is 5.41 Å². The van der Waals surface area contributed by atoms with Crippen molar-refractivity contribution in [1.29, 1.82) is 0 Å². The lowest BCUT2D eigenvalue weighted by atomic mass is 9.79. The molecule has 0 fully saturated rings. The topological polar surface area (TPSA) is 49.3 Å². The Morgan fingerprint density at radius 3 is 1.94 bits per heavy atom. The van der Waals surface area contributed by atoms with E-state index in [1.165, 1.54) is 0 Å². The van der Waals surface area contributed by atoms with Crippen molar-refractivity contribution in [2.75, 3.05) is 0 Å². The molecule has 0 bridgehead atoms. The molecule has 1 aliphatic rings. The highest BCUT2D eigenvalue weighted by Crippen LogP contribution is 2.31. The molecule has 17 heavy (non-hydrogen) atoms. The van der Waals surface area contributed by atoms with Crippen LogP contribution < -0.4 is 5.32 Å². The minimum atomic E-state index is -0.670. The molecule has 0 aromatic rings. The lowest BCUT2D eigenvalue weighted by molar-refractivity contribution is -0.148. The fraction of sp³-hybridized carbons (Fsp3) is 0.786. The fourth-order valence-electron chi connectivity index (χ4n) is 1.83. The third-order valence-electron chi connectivity index (χ3n) is 2.78. The number of carboxylic acid groups (broad SMARTS) is 1. The number of rotatable bonds is 3. The van der Waals surface area contributed by atoms with E-state index in [0.717, 1.165) is 12.8 Å². The lowest BCUT2D eigenvalue weighted by Crippen LogP contribution is -2.29. The van der Waals surface area contributed by atoms with Crippen molar-refractivity contribution in [2.24, 2.45) is 5.41 Å². The minimum absolute atomic E-state index is 0.491. The van der Waals surface area contributed by atoms with E-state index in [1.54, 1.807) is 6.92 Å². The summed E-state index contributed by atoms with van der Waals surface area (Å²) >= 11 is 0. The van der Waals surface area contributed by atoms with Gasteiger partial charge in [-0.15, -0.1) is 0 Å². The SMILES string of the molecule is CC(C)NC(C)C.CC1(C(=O)O)CC=CCC1. The molecular formula is C14H27NO2. The Bertz CT molecular complexity index is 253. The average Bonchev–Trinajstić information content (AvgIpc) is 2.17. The van der Waals surface area contributed by atoms with Gasteiger partial charge in [0.1, 0.15) is 0 Å². The Labute approximate surface area is 105 Å². The second kappa shape index (κ2) is 7.49. The smallest absolute Gasteiger partial charge is 0.309 e. The number of nitrogens with one attached hydrogen (secondary N) is 1. The van der Waals surface area contributed by atoms with E-state index in [9.17, 15) is 4.79 Å². The zero-order valence-electron chi connectivity index (χ0n) is 11.8. The van der Waals surface area contributed by atoms with E-state index < -0.39 is 11.4 Å². The molecule has 2 N–H and O–H groups in total. The highest BCUT2D eigenvalue weighted by molar-refractivity contribution is 5.74. The van der Waals surface area contributed by atoms with E-state index in [0.29, 0.717) is 18.5 Å². The predicted octanol–water partition coefficient (Wildman–Crippen LogP) is 3.21. The van der Waals surface area contributed by atoms with Crippen molar-refractivity contribution in [3.8, 4) is 0 Å². The first kappa shape index (κ1) is 16.2. The van der Waals surface area contributed by atoms with Gasteiger partial charge < -0.3 is 10.4 Å². The molecule has 3 nitrogen and oxygen atoms in total. The fourth-order valence-corrected chi connectivity index (χ4v) is 1.83. The summed E-state index contributed by atoms with van der Waals surface area (Å²) in [5, 5.41) is 12.1. The standard InChI is InChI=1S/C8H12O2.C6H15N/c1-8(7(9)10)5-3-2-4-6-8;1-5(2)7-6(3)4/h2-3H,4-6H2,1H3,(H,9,10);5-7H,1-4H3. The van der Waals surface area contributed by atoms with Crippen molar-refractivity contribution < 1.29 is 9.90 Å². The molecule has 0 heterocycles. The van der Waals surface area contributed by atoms with Gasteiger partial charge in [0.2, 0.25) is 0 Å². The van der Waals surface area contributed by atoms with Crippen molar-refractivity contribution in [1.82, 2.24) is 5.32 Å². The van der Waals surface area contributed by atoms with Gasteiger partial charge in [-0.05, 0) is 26.2 Å². The van der Waals surface area contributed by atoms with Gasteiger partial charge in [0.15, 0.2) is 0 Å². The Kier molecular flexibility index (Phi) is 7.12. The molecule has 1 aliphatic carbocycles. The van der Waals surface area contributed by atoms with Gasteiger partial charge in [0.05, 0.1) is 5.41 Å². The Balaban J connectivity index is 0.000000325. The first-order valence-corrected chi connectivity index (χ1v) is 6.42. The molecule has 0 amide bonds. The van der Waals surface area contributed by atoms with Crippen LogP contribution in [-0.2, 0) is 4.79 Å². The molecule has 0 saturated heterocycles. The zero-order valence-corrected chi connectivity index (χ0v) is 11.8. The molecule has 0 aromatic heterocycles. The maximum atomic E-state index is 10.6. The summed E-state index contributed by atoms with van der Waals surface area (Å²) in [5.41, 5.74) is -0.491. The van der Waals surface area contributed by atoms with Crippen LogP contribution in [0.2, 0.25) is 0 Å². The van der Waals surface area contributed by atoms with Crippen LogP contribution in [0.4, 0.5) is 0 Å². The Morgan fingerprint density at radius 1 is 1.24 bits per heavy atom. The van der Waals surface area contributed by atoms with Crippen molar-refractivity contribution in [3.63, 3.8) is 0 Å². The molecule has 0 radical (unpaired) electrons. The molecule has 0 saturated carbocycles. The predicted molar refractivity (Wildman–Crippen MR) is 72.1 cm³/mol. The minimum Gasteiger partial charge on any atom is -0.481 e. The second-order valence-corrected chi connectivity index (χ2v) is 5.56. The van der Waals surface area contributed by atoms with Gasteiger partial charge in [0.25, 0.3) is 0 Å². The highest BCUT2D eigenvalue weighted by Gasteiger charge is 2.32. The van der Waals surface area contributed by atoms with Crippen LogP contribution in [0.25, 0.3) is 0 Å². The van der Waals surface area contributed by atoms with Crippen LogP contribution in [0.3, 0.4) is 0 Å². The number of carboxylic acids is 1. The van der Waals surface area contributed by atoms with Crippen LogP contribution in [-0.4, -0.2) is 23.2 Å². The summed E-state index contributed by atoms with van der Waals surface area (Å²) < 4.78 is 0. The maximum Gasteiger partial charge on any atom is 0.309 e. The van der Waals surface area contributed by atoms with Crippen LogP contribution >= 0.6 is 0 Å². The normalized spacial score (nSPS) is 23.5. The van der Waals surface area contributed by atoms with Crippen LogP contribution in [0.5, 0.6) is 0 Å². The Hall–Kier alpha value is -0.830. The molecule has 3 heteroatoms. The van der Waals surface area contributed by atoms with Gasteiger partial charge >= 0.3 is 5.97 Å². The third kappa shape index (κ3) is 7.16. The molecular weight excluding hydrogens is 214 g/mol. The molecule has 0 spiro atoms. The number of hydrogen-bond donors (Lipinski definition) is 2. The van der Waals surface area contributed by atoms with Gasteiger partial charge in [0, 0.05) is 12.1 Å². The summed E-state index contributed by atoms with van der Waals surface area (Å²) in [6, 6.07) is 1.25. The largest absolute Gasteiger partial charge is 0.481 e. The van der Waals surface area contributed by atoms with E-state index >= 15 is 0 Å². The van der Waals surface area contributed by atoms with Gasteiger partial charge in [-0.2, -0.15) is 0 Å². The number of aliphatic carboxylic acids is 1. The summed E-state index contributed by atoms with van der Waals surface area (Å²) in [4.78, 5) is 10.6. The molecule has 0 aromatic carbocycles. The monoisotopic (exact) mass is 241 g/mol. The van der Waals surface area contributed by atoms with Crippen molar-refractivity contribution in [3.05, 3.63) is 12.2 Å². The zero-order chi connectivity index (χ0) is 13.5. The van der Waals surface area contributed by atoms with Gasteiger partial charge in [-0.3, -0.25) is 4.79 Å². The van der Waals surface area contributed by atoms with E-state index in [-0.39, 0.29) is 0 Å². The molecule has 100 valence electrons. The molecule has 1 atom stereocenters. The van der Waals surface area contributed by atoms with E-state index in [1.807, 2.05) is 12.2 Å². The quantitative estimate of drug-likeness (QED) is 0.746. The molecule has 0 aliphatic heterocycles. The summed E-state index contributed by atoms with van der Waals surface area (Å²) in [6.45, 7) is 10.4. The molecule has 1 unspecified atom stereocenters. The van der Waals surface area contributed by atoms with Crippen molar-refractivity contribution in [2.45, 2.75) is 66.0 Å². The molecule has 1 rings (SSSR count). The maximum absolute atomic E-state index is 10.6. The van der Waals surface area contributed by atoms with Gasteiger partial charge in [-0.1, -0.05) is 39.8 Å². The second-order valence-electron chi connectivity index (χ2n) is 5.56. The van der Waals surface area contributed by atoms with Crippen LogP contribution in [0.15, 0.2) is 12.2 Å². The Morgan fingerprint density at radius 2 is 1.76 bits per heavy atom. The highest BCUT2D eigenvalue weighted by atomic mass is 16.4. The summed E-state index contributed by atoms with van der Waals surface area (Å²) in [6.07, 6.45) is 6.37. The average molecular weight is 241 g/mol. The first-order valence-electron chi connectivity index (χ1n) is 6.42. The number of hydrogen-bond acceptors (Lipinski definition) is 2. The van der Waals surface area contributed by atoms with Gasteiger partial charge in [-0.25, -0.2) is 0 Å². The van der Waals surface area contributed by atoms with Crippen LogP contribution in [0.1, 0.15) is 53.9 Å². The van der Waals surface area contributed by atoms with E-state index in [4.69, 9.17) is 5.11 Å². The van der Waals surface area contributed by atoms with E-state index in [2.05, 4.69) is 33.0 Å². The number of carbonyl (C=O) groups is 1. The van der Waals surface area contributed by atoms with Crippen molar-refractivity contribution >= 4 is 5.97 Å². The summed E-state index contributed by atoms with van der Waals surface area (Å²) in [5.74, 6) is -0.670. The first-order chi connectivity index (χ1) is 7.78. The summed E-state index contributed by atoms with van der Waals surface area (Å²) in [7, 11) is 0. The number of allylic oxidation sites excluding steroid dienone is 2.